The second-order valence-electron chi connectivity index (χ2n) is 7.42. The van der Waals surface area contributed by atoms with Crippen molar-refractivity contribution >= 4 is 39.0 Å². The van der Waals surface area contributed by atoms with Gasteiger partial charge in [-0.3, -0.25) is 4.79 Å². The maximum atomic E-state index is 12.5. The Morgan fingerprint density at radius 2 is 1.83 bits per heavy atom. The van der Waals surface area contributed by atoms with Crippen molar-refractivity contribution in [2.75, 3.05) is 31.8 Å². The number of carbonyl (C=O) groups is 1. The summed E-state index contributed by atoms with van der Waals surface area (Å²) in [6.45, 7) is 0.128. The molecule has 13 heteroatoms. The average molecular weight is 529 g/mol. The normalized spacial score (nSPS) is 11.4. The van der Waals surface area contributed by atoms with E-state index < -0.39 is 10.0 Å². The number of hydrogen-bond acceptors (Lipinski definition) is 9. The highest BCUT2D eigenvalue weighted by atomic mass is 32.2. The summed E-state index contributed by atoms with van der Waals surface area (Å²) in [5, 5.41) is 16.1. The molecule has 0 unspecified atom stereocenters. The number of benzene rings is 2. The molecule has 0 saturated carbocycles. The smallest absolute Gasteiger partial charge is 0.240 e. The van der Waals surface area contributed by atoms with Gasteiger partial charge in [0.15, 0.2) is 11.5 Å². The number of anilines is 1. The first-order valence-electron chi connectivity index (χ1n) is 10.8. The molecule has 0 aliphatic carbocycles. The number of nitrogens with one attached hydrogen (secondary N) is 2. The summed E-state index contributed by atoms with van der Waals surface area (Å²) < 4.78 is 39.4. The fourth-order valence-corrected chi connectivity index (χ4v) is 4.96. The van der Waals surface area contributed by atoms with Crippen LogP contribution in [0.25, 0.3) is 5.65 Å². The van der Waals surface area contributed by atoms with Crippen LogP contribution in [0.4, 0.5) is 5.69 Å². The van der Waals surface area contributed by atoms with Crippen LogP contribution in [-0.2, 0) is 21.2 Å². The summed E-state index contributed by atoms with van der Waals surface area (Å²) >= 11 is 1.24. The minimum absolute atomic E-state index is 0.113. The van der Waals surface area contributed by atoms with Gasteiger partial charge in [0.2, 0.25) is 15.9 Å². The van der Waals surface area contributed by atoms with Gasteiger partial charge in [-0.25, -0.2) is 13.1 Å². The molecule has 11 nitrogen and oxygen atoms in total. The highest BCUT2D eigenvalue weighted by Crippen LogP contribution is 2.29. The summed E-state index contributed by atoms with van der Waals surface area (Å²) in [5.74, 6) is 1.49. The van der Waals surface area contributed by atoms with Gasteiger partial charge in [-0.1, -0.05) is 30.0 Å². The lowest BCUT2D eigenvalue weighted by Crippen LogP contribution is -2.26. The number of thioether (sulfide) groups is 1. The molecule has 2 aromatic carbocycles. The first-order valence-corrected chi connectivity index (χ1v) is 13.3. The second-order valence-corrected chi connectivity index (χ2v) is 10.2. The summed E-state index contributed by atoms with van der Waals surface area (Å²) in [4.78, 5) is 12.7. The molecule has 2 N–H and O–H groups in total. The molecular weight excluding hydrogens is 504 g/mol. The Bertz CT molecular complexity index is 1460. The third-order valence-electron chi connectivity index (χ3n) is 5.03. The van der Waals surface area contributed by atoms with Crippen molar-refractivity contribution in [2.24, 2.45) is 0 Å². The van der Waals surface area contributed by atoms with Crippen LogP contribution in [-0.4, -0.2) is 60.7 Å². The number of fused-ring (bicyclic) bond motifs is 1. The van der Waals surface area contributed by atoms with Gasteiger partial charge in [0.05, 0.1) is 30.6 Å². The maximum absolute atomic E-state index is 12.5. The van der Waals surface area contributed by atoms with Crippen LogP contribution in [0.15, 0.2) is 70.6 Å². The van der Waals surface area contributed by atoms with Gasteiger partial charge >= 0.3 is 0 Å². The Morgan fingerprint density at radius 3 is 2.58 bits per heavy atom. The topological polar surface area (TPSA) is 137 Å². The Balaban J connectivity index is 1.36. The Labute approximate surface area is 212 Å². The van der Waals surface area contributed by atoms with E-state index in [0.29, 0.717) is 33.7 Å². The van der Waals surface area contributed by atoms with E-state index in [1.54, 1.807) is 60.2 Å². The van der Waals surface area contributed by atoms with Crippen molar-refractivity contribution in [3.05, 3.63) is 66.5 Å². The standard InChI is InChI=1S/C23H24N6O5S2/c1-33-16-8-9-18(19(14-16)34-2)25-22(30)15-35-23-11-10-20-26-27-21(29(20)28-23)12-13-24-36(31,32)17-6-4-3-5-7-17/h3-11,14,24H,12-13,15H2,1-2H3,(H,25,30). The number of amides is 1. The molecule has 188 valence electrons. The van der Waals surface area contributed by atoms with Crippen LogP contribution in [0.5, 0.6) is 11.5 Å². The average Bonchev–Trinajstić information content (AvgIpc) is 3.30. The maximum Gasteiger partial charge on any atom is 0.240 e. The minimum Gasteiger partial charge on any atom is -0.497 e. The molecule has 0 atom stereocenters. The van der Waals surface area contributed by atoms with Gasteiger partial charge in [0, 0.05) is 19.0 Å². The number of sulfonamides is 1. The van der Waals surface area contributed by atoms with Crippen LogP contribution < -0.4 is 19.5 Å². The predicted octanol–water partition coefficient (Wildman–Crippen LogP) is 2.39. The fourth-order valence-electron chi connectivity index (χ4n) is 3.26. The number of nitrogens with zero attached hydrogens (tertiary/aromatic N) is 4. The highest BCUT2D eigenvalue weighted by molar-refractivity contribution is 7.99. The first kappa shape index (κ1) is 25.4. The SMILES string of the molecule is COc1ccc(NC(=O)CSc2ccc3nnc(CCNS(=O)(=O)c4ccccc4)n3n2)c(OC)c1. The molecule has 0 bridgehead atoms. The zero-order chi connectivity index (χ0) is 25.5. The minimum atomic E-state index is -3.62. The Kier molecular flexibility index (Phi) is 8.03. The molecule has 0 aliphatic rings. The highest BCUT2D eigenvalue weighted by Gasteiger charge is 2.15. The molecule has 36 heavy (non-hydrogen) atoms. The van der Waals surface area contributed by atoms with E-state index >= 15 is 0 Å². The zero-order valence-corrected chi connectivity index (χ0v) is 21.2. The van der Waals surface area contributed by atoms with Crippen molar-refractivity contribution in [1.82, 2.24) is 24.5 Å². The van der Waals surface area contributed by atoms with E-state index in [4.69, 9.17) is 9.47 Å². The van der Waals surface area contributed by atoms with E-state index in [1.165, 1.54) is 31.0 Å². The van der Waals surface area contributed by atoms with E-state index in [9.17, 15) is 13.2 Å². The first-order chi connectivity index (χ1) is 17.4. The van der Waals surface area contributed by atoms with Crippen molar-refractivity contribution in [3.8, 4) is 11.5 Å². The van der Waals surface area contributed by atoms with E-state index in [1.807, 2.05) is 0 Å². The molecule has 4 aromatic rings. The van der Waals surface area contributed by atoms with E-state index in [0.717, 1.165) is 0 Å². The third kappa shape index (κ3) is 6.11. The quantitative estimate of drug-likeness (QED) is 0.281. The van der Waals surface area contributed by atoms with Crippen molar-refractivity contribution in [2.45, 2.75) is 16.3 Å². The molecule has 2 aromatic heterocycles. The van der Waals surface area contributed by atoms with Crippen LogP contribution in [0.1, 0.15) is 5.82 Å². The lowest BCUT2D eigenvalue weighted by atomic mass is 10.2. The van der Waals surface area contributed by atoms with Crippen molar-refractivity contribution in [3.63, 3.8) is 0 Å². The third-order valence-corrected chi connectivity index (χ3v) is 7.43. The van der Waals surface area contributed by atoms with Gasteiger partial charge in [0.1, 0.15) is 16.5 Å². The molecule has 4 rings (SSSR count). The van der Waals surface area contributed by atoms with Gasteiger partial charge in [-0.15, -0.1) is 10.2 Å². The van der Waals surface area contributed by atoms with Crippen molar-refractivity contribution < 1.29 is 22.7 Å². The Hall–Kier alpha value is -3.68. The summed E-state index contributed by atoms with van der Waals surface area (Å²) in [5.41, 5.74) is 1.05. The van der Waals surface area contributed by atoms with Crippen LogP contribution in [0, 0.1) is 0 Å². The molecule has 0 saturated heterocycles. The summed E-state index contributed by atoms with van der Waals surface area (Å²) in [7, 11) is -0.551. The number of carbonyl (C=O) groups excluding carboxylic acids is 1. The monoisotopic (exact) mass is 528 g/mol. The molecule has 0 spiro atoms. The van der Waals surface area contributed by atoms with E-state index in [2.05, 4.69) is 25.3 Å². The summed E-state index contributed by atoms with van der Waals surface area (Å²) in [6, 6.07) is 16.8. The number of aromatic nitrogens is 4. The van der Waals surface area contributed by atoms with Gasteiger partial charge in [-0.05, 0) is 36.4 Å². The van der Waals surface area contributed by atoms with Gasteiger partial charge < -0.3 is 14.8 Å². The largest absolute Gasteiger partial charge is 0.497 e. The molecule has 0 radical (unpaired) electrons. The number of methoxy groups -OCH3 is 2. The zero-order valence-electron chi connectivity index (χ0n) is 19.5. The lowest BCUT2D eigenvalue weighted by Gasteiger charge is -2.11. The van der Waals surface area contributed by atoms with Crippen molar-refractivity contribution in [1.29, 1.82) is 0 Å². The second kappa shape index (κ2) is 11.4. The molecule has 1 amide bonds. The molecule has 0 fully saturated rings. The number of rotatable bonds is 11. The molecule has 2 heterocycles. The van der Waals surface area contributed by atoms with Gasteiger partial charge in [0.25, 0.3) is 0 Å². The number of ether oxygens (including phenoxy) is 2. The lowest BCUT2D eigenvalue weighted by molar-refractivity contribution is -0.113. The van der Waals surface area contributed by atoms with Crippen LogP contribution in [0.2, 0.25) is 0 Å². The van der Waals surface area contributed by atoms with Crippen LogP contribution >= 0.6 is 11.8 Å². The van der Waals surface area contributed by atoms with E-state index in [-0.39, 0.29) is 29.5 Å². The molecule has 0 aliphatic heterocycles. The number of hydrogen-bond donors (Lipinski definition) is 2. The molecular formula is C23H24N6O5S2. The summed E-state index contributed by atoms with van der Waals surface area (Å²) in [6.07, 6.45) is 0.284. The Morgan fingerprint density at radius 1 is 1.03 bits per heavy atom. The predicted molar refractivity (Wildman–Crippen MR) is 135 cm³/mol. The van der Waals surface area contributed by atoms with Crippen LogP contribution in [0.3, 0.4) is 0 Å². The fraction of sp³-hybridized carbons (Fsp3) is 0.217. The van der Waals surface area contributed by atoms with Gasteiger partial charge in [-0.2, -0.15) is 9.61 Å².